The maximum Gasteiger partial charge on any atom is 0.335 e. The molecule has 38 heavy (non-hydrogen) atoms. The molecule has 0 amide bonds. The number of carboxylic acids is 1. The topological polar surface area (TPSA) is 82.8 Å². The lowest BCUT2D eigenvalue weighted by Crippen LogP contribution is -2.02. The minimum Gasteiger partial charge on any atom is -0.497 e. The lowest BCUT2D eigenvalue weighted by atomic mass is 10.0. The Morgan fingerprint density at radius 2 is 1.08 bits per heavy atom. The van der Waals surface area contributed by atoms with Crippen molar-refractivity contribution in [3.63, 3.8) is 0 Å². The first-order chi connectivity index (χ1) is 18.5. The summed E-state index contributed by atoms with van der Waals surface area (Å²) in [6, 6.07) is 30.0. The number of rotatable bonds is 8. The second-order valence-corrected chi connectivity index (χ2v) is 8.51. The van der Waals surface area contributed by atoms with Crippen molar-refractivity contribution in [2.45, 2.75) is 0 Å². The Hall–Kier alpha value is -5.04. The van der Waals surface area contributed by atoms with Gasteiger partial charge in [-0.15, -0.1) is 0 Å². The van der Waals surface area contributed by atoms with E-state index in [4.69, 9.17) is 19.2 Å². The average Bonchev–Trinajstić information content (AvgIpc) is 3.38. The molecule has 1 aromatic heterocycles. The Balaban J connectivity index is 1.82. The van der Waals surface area contributed by atoms with Crippen LogP contribution in [0.15, 0.2) is 97.1 Å². The second-order valence-electron chi connectivity index (χ2n) is 8.51. The van der Waals surface area contributed by atoms with Crippen LogP contribution in [0.3, 0.4) is 0 Å². The molecule has 0 aliphatic carbocycles. The predicted octanol–water partition coefficient (Wildman–Crippen LogP) is 6.60. The summed E-state index contributed by atoms with van der Waals surface area (Å²) in [6.45, 7) is 0. The van der Waals surface area contributed by atoms with Crippen molar-refractivity contribution in [3.8, 4) is 56.8 Å². The molecule has 0 unspecified atom stereocenters. The van der Waals surface area contributed by atoms with Crippen molar-refractivity contribution >= 4 is 5.97 Å². The molecule has 0 radical (unpaired) electrons. The van der Waals surface area contributed by atoms with E-state index in [9.17, 15) is 9.90 Å². The van der Waals surface area contributed by atoms with Crippen LogP contribution in [0.5, 0.6) is 17.2 Å². The maximum absolute atomic E-state index is 11.5. The number of aromatic nitrogens is 2. The number of carbonyl (C=O) groups is 1. The quantitative estimate of drug-likeness (QED) is 0.255. The van der Waals surface area contributed by atoms with Crippen LogP contribution in [0.25, 0.3) is 39.6 Å². The molecular weight excluding hydrogens is 480 g/mol. The van der Waals surface area contributed by atoms with Gasteiger partial charge in [-0.25, -0.2) is 9.78 Å². The number of nitrogens with zero attached hydrogens (tertiary/aromatic N) is 2. The number of imidazole rings is 1. The number of hydrogen-bond donors (Lipinski definition) is 1. The summed E-state index contributed by atoms with van der Waals surface area (Å²) in [6.07, 6.45) is 0. The van der Waals surface area contributed by atoms with E-state index < -0.39 is 5.97 Å². The van der Waals surface area contributed by atoms with Gasteiger partial charge in [0.1, 0.15) is 23.1 Å². The number of benzene rings is 4. The molecule has 0 aliphatic rings. The number of carboxylic acid groups (broad SMARTS) is 1. The zero-order chi connectivity index (χ0) is 26.6. The molecule has 0 saturated carbocycles. The first-order valence-corrected chi connectivity index (χ1v) is 11.9. The first-order valence-electron chi connectivity index (χ1n) is 11.9. The minimum absolute atomic E-state index is 0.209. The molecule has 5 aromatic rings. The van der Waals surface area contributed by atoms with E-state index in [-0.39, 0.29) is 5.56 Å². The van der Waals surface area contributed by atoms with Crippen molar-refractivity contribution in [3.05, 3.63) is 103 Å². The number of ether oxygens (including phenoxy) is 3. The standard InChI is InChI=1S/C31H26N2O5/c1-36-25-14-6-20(7-15-25)28-29(21-8-16-26(37-2)17-9-21)33(24-12-4-23(5-13-24)31(34)35)30(32-28)22-10-18-27(38-3)19-11-22/h4-19H,1-3H3,(H,34,35). The lowest BCUT2D eigenvalue weighted by Gasteiger charge is -2.15. The van der Waals surface area contributed by atoms with Crippen LogP contribution in [0.4, 0.5) is 0 Å². The van der Waals surface area contributed by atoms with Crippen molar-refractivity contribution < 1.29 is 24.1 Å². The minimum atomic E-state index is -0.980. The largest absolute Gasteiger partial charge is 0.497 e. The molecule has 0 aliphatic heterocycles. The molecule has 0 atom stereocenters. The molecule has 0 spiro atoms. The highest BCUT2D eigenvalue weighted by Crippen LogP contribution is 2.39. The second kappa shape index (κ2) is 10.5. The van der Waals surface area contributed by atoms with Gasteiger partial charge >= 0.3 is 5.97 Å². The fourth-order valence-corrected chi connectivity index (χ4v) is 4.32. The Kier molecular flexibility index (Phi) is 6.82. The van der Waals surface area contributed by atoms with Gasteiger partial charge in [0.2, 0.25) is 0 Å². The SMILES string of the molecule is COc1ccc(-c2nc(-c3ccc(OC)cc3)n(-c3ccc(C(=O)O)cc3)c2-c2ccc(OC)cc2)cc1. The fourth-order valence-electron chi connectivity index (χ4n) is 4.32. The average molecular weight is 507 g/mol. The van der Waals surface area contributed by atoms with E-state index in [1.807, 2.05) is 72.8 Å². The zero-order valence-electron chi connectivity index (χ0n) is 21.2. The summed E-state index contributed by atoms with van der Waals surface area (Å²) in [5.41, 5.74) is 5.32. The van der Waals surface area contributed by atoms with Gasteiger partial charge in [0.15, 0.2) is 0 Å². The third kappa shape index (κ3) is 4.69. The van der Waals surface area contributed by atoms with Crippen LogP contribution in [0.1, 0.15) is 10.4 Å². The van der Waals surface area contributed by atoms with Crippen LogP contribution in [-0.2, 0) is 0 Å². The van der Waals surface area contributed by atoms with Gasteiger partial charge in [0, 0.05) is 22.4 Å². The van der Waals surface area contributed by atoms with E-state index in [0.29, 0.717) is 5.82 Å². The summed E-state index contributed by atoms with van der Waals surface area (Å²) in [4.78, 5) is 16.7. The molecule has 1 heterocycles. The van der Waals surface area contributed by atoms with Gasteiger partial charge < -0.3 is 19.3 Å². The molecule has 7 nitrogen and oxygen atoms in total. The van der Waals surface area contributed by atoms with E-state index in [1.165, 1.54) is 0 Å². The highest BCUT2D eigenvalue weighted by Gasteiger charge is 2.23. The highest BCUT2D eigenvalue weighted by molar-refractivity contribution is 5.88. The molecule has 0 fully saturated rings. The monoisotopic (exact) mass is 506 g/mol. The van der Waals surface area contributed by atoms with Gasteiger partial charge in [-0.1, -0.05) is 0 Å². The summed E-state index contributed by atoms with van der Waals surface area (Å²) < 4.78 is 18.2. The highest BCUT2D eigenvalue weighted by atomic mass is 16.5. The number of aromatic carboxylic acids is 1. The van der Waals surface area contributed by atoms with E-state index >= 15 is 0 Å². The molecule has 0 saturated heterocycles. The van der Waals surface area contributed by atoms with Gasteiger partial charge in [-0.05, 0) is 97.1 Å². The molecule has 5 rings (SSSR count). The molecule has 1 N–H and O–H groups in total. The van der Waals surface area contributed by atoms with Crippen LogP contribution in [0, 0.1) is 0 Å². The Morgan fingerprint density at radius 1 is 0.632 bits per heavy atom. The zero-order valence-corrected chi connectivity index (χ0v) is 21.2. The Labute approximate surface area is 220 Å². The van der Waals surface area contributed by atoms with E-state index in [0.717, 1.165) is 51.0 Å². The fraction of sp³-hybridized carbons (Fsp3) is 0.0968. The summed E-state index contributed by atoms with van der Waals surface area (Å²) >= 11 is 0. The molecule has 4 aromatic carbocycles. The normalized spacial score (nSPS) is 10.7. The molecule has 7 heteroatoms. The van der Waals surface area contributed by atoms with Crippen LogP contribution < -0.4 is 14.2 Å². The van der Waals surface area contributed by atoms with E-state index in [1.54, 1.807) is 45.6 Å². The molecule has 190 valence electrons. The molecule has 0 bridgehead atoms. The van der Waals surface area contributed by atoms with Crippen molar-refractivity contribution in [2.24, 2.45) is 0 Å². The van der Waals surface area contributed by atoms with Crippen molar-refractivity contribution in [1.29, 1.82) is 0 Å². The molecular formula is C31H26N2O5. The third-order valence-corrected chi connectivity index (χ3v) is 6.33. The van der Waals surface area contributed by atoms with Crippen LogP contribution in [-0.4, -0.2) is 42.0 Å². The lowest BCUT2D eigenvalue weighted by molar-refractivity contribution is 0.0697. The van der Waals surface area contributed by atoms with Crippen molar-refractivity contribution in [1.82, 2.24) is 9.55 Å². The van der Waals surface area contributed by atoms with Gasteiger partial charge in [0.25, 0.3) is 0 Å². The Bertz CT molecular complexity index is 1550. The van der Waals surface area contributed by atoms with Gasteiger partial charge in [-0.3, -0.25) is 4.57 Å². The van der Waals surface area contributed by atoms with Gasteiger partial charge in [-0.2, -0.15) is 0 Å². The van der Waals surface area contributed by atoms with Crippen LogP contribution >= 0.6 is 0 Å². The number of methoxy groups -OCH3 is 3. The predicted molar refractivity (Wildman–Crippen MR) is 146 cm³/mol. The van der Waals surface area contributed by atoms with E-state index in [2.05, 4.69) is 4.57 Å². The van der Waals surface area contributed by atoms with Crippen LogP contribution in [0.2, 0.25) is 0 Å². The Morgan fingerprint density at radius 3 is 1.53 bits per heavy atom. The maximum atomic E-state index is 11.5. The summed E-state index contributed by atoms with van der Waals surface area (Å²) in [7, 11) is 4.90. The third-order valence-electron chi connectivity index (χ3n) is 6.33. The number of hydrogen-bond acceptors (Lipinski definition) is 5. The smallest absolute Gasteiger partial charge is 0.335 e. The summed E-state index contributed by atoms with van der Waals surface area (Å²) in [5, 5.41) is 9.45. The first kappa shape index (κ1) is 24.6. The summed E-state index contributed by atoms with van der Waals surface area (Å²) in [5.74, 6) is 1.95. The van der Waals surface area contributed by atoms with Crippen molar-refractivity contribution in [2.75, 3.05) is 21.3 Å². The van der Waals surface area contributed by atoms with Gasteiger partial charge in [0.05, 0.1) is 38.3 Å².